The van der Waals surface area contributed by atoms with Crippen LogP contribution in [0.3, 0.4) is 0 Å². The summed E-state index contributed by atoms with van der Waals surface area (Å²) in [6.45, 7) is 3.14. The van der Waals surface area contributed by atoms with Crippen molar-refractivity contribution in [2.45, 2.75) is 84.0 Å². The lowest BCUT2D eigenvalue weighted by Gasteiger charge is -2.06. The first-order valence-corrected chi connectivity index (χ1v) is 10.6. The molecule has 1 rings (SSSR count). The standard InChI is InChI=1S/C23H36O4/c1-2-3-19-26-22(24)17-11-6-4-5-7-12-18-23(25)27-20-13-16-21-14-9-8-10-15-21/h8-10,14-15H,2-7,11-13,16-20H2,1H3. The summed E-state index contributed by atoms with van der Waals surface area (Å²) in [5, 5.41) is 0. The Kier molecular flexibility index (Phi) is 14.0. The van der Waals surface area contributed by atoms with Crippen LogP contribution in [0.1, 0.15) is 83.1 Å². The molecule has 0 spiro atoms. The van der Waals surface area contributed by atoms with E-state index in [0.717, 1.165) is 64.2 Å². The van der Waals surface area contributed by atoms with E-state index < -0.39 is 0 Å². The van der Waals surface area contributed by atoms with Crippen molar-refractivity contribution in [3.05, 3.63) is 35.9 Å². The van der Waals surface area contributed by atoms with E-state index in [0.29, 0.717) is 26.1 Å². The molecule has 0 aliphatic rings. The van der Waals surface area contributed by atoms with E-state index >= 15 is 0 Å². The first kappa shape index (κ1) is 23.2. The normalized spacial score (nSPS) is 10.6. The molecule has 27 heavy (non-hydrogen) atoms. The molecule has 0 atom stereocenters. The number of rotatable bonds is 16. The second-order valence-electron chi connectivity index (χ2n) is 7.00. The summed E-state index contributed by atoms with van der Waals surface area (Å²) in [6, 6.07) is 10.3. The molecule has 0 fully saturated rings. The first-order chi connectivity index (χ1) is 13.2. The van der Waals surface area contributed by atoms with Gasteiger partial charge in [-0.1, -0.05) is 69.4 Å². The molecule has 0 aliphatic heterocycles. The third-order valence-electron chi connectivity index (χ3n) is 4.49. The molecular weight excluding hydrogens is 340 g/mol. The van der Waals surface area contributed by atoms with E-state index in [1.54, 1.807) is 0 Å². The quantitative estimate of drug-likeness (QED) is 0.277. The Morgan fingerprint density at radius 2 is 1.22 bits per heavy atom. The number of hydrogen-bond acceptors (Lipinski definition) is 4. The molecule has 0 saturated heterocycles. The molecule has 152 valence electrons. The fourth-order valence-electron chi connectivity index (χ4n) is 2.83. The molecule has 1 aromatic rings. The Bertz CT molecular complexity index is 498. The van der Waals surface area contributed by atoms with Crippen molar-refractivity contribution in [2.75, 3.05) is 13.2 Å². The largest absolute Gasteiger partial charge is 0.466 e. The predicted molar refractivity (Wildman–Crippen MR) is 109 cm³/mol. The Labute approximate surface area is 164 Å². The molecule has 0 amide bonds. The first-order valence-electron chi connectivity index (χ1n) is 10.6. The van der Waals surface area contributed by atoms with Gasteiger partial charge in [0.25, 0.3) is 0 Å². The number of esters is 2. The minimum atomic E-state index is -0.0853. The fraction of sp³-hybridized carbons (Fsp3) is 0.652. The zero-order valence-corrected chi connectivity index (χ0v) is 16.9. The van der Waals surface area contributed by atoms with Crippen molar-refractivity contribution < 1.29 is 19.1 Å². The van der Waals surface area contributed by atoms with Gasteiger partial charge in [0.15, 0.2) is 0 Å². The van der Waals surface area contributed by atoms with Crippen LogP contribution < -0.4 is 0 Å². The molecule has 4 heteroatoms. The van der Waals surface area contributed by atoms with Gasteiger partial charge in [-0.25, -0.2) is 0 Å². The molecule has 0 aromatic heterocycles. The second kappa shape index (κ2) is 16.3. The van der Waals surface area contributed by atoms with E-state index in [1.165, 1.54) is 5.56 Å². The summed E-state index contributed by atoms with van der Waals surface area (Å²) in [4.78, 5) is 23.1. The Morgan fingerprint density at radius 1 is 0.704 bits per heavy atom. The van der Waals surface area contributed by atoms with Gasteiger partial charge in [0.1, 0.15) is 0 Å². The third-order valence-corrected chi connectivity index (χ3v) is 4.49. The van der Waals surface area contributed by atoms with Gasteiger partial charge in [-0.3, -0.25) is 9.59 Å². The van der Waals surface area contributed by atoms with Crippen LogP contribution in [-0.4, -0.2) is 25.2 Å². The van der Waals surface area contributed by atoms with Gasteiger partial charge in [-0.05, 0) is 37.7 Å². The van der Waals surface area contributed by atoms with Crippen LogP contribution >= 0.6 is 0 Å². The number of aryl methyl sites for hydroxylation is 1. The molecule has 0 N–H and O–H groups in total. The average molecular weight is 377 g/mol. The lowest BCUT2D eigenvalue weighted by atomic mass is 10.1. The van der Waals surface area contributed by atoms with Crippen LogP contribution in [0.2, 0.25) is 0 Å². The molecule has 0 bridgehead atoms. The molecule has 0 aliphatic carbocycles. The highest BCUT2D eigenvalue weighted by Gasteiger charge is 2.04. The number of hydrogen-bond donors (Lipinski definition) is 0. The number of benzene rings is 1. The van der Waals surface area contributed by atoms with Crippen LogP contribution in [0.5, 0.6) is 0 Å². The summed E-state index contributed by atoms with van der Waals surface area (Å²) >= 11 is 0. The van der Waals surface area contributed by atoms with Gasteiger partial charge >= 0.3 is 11.9 Å². The Hall–Kier alpha value is -1.84. The molecule has 0 saturated carbocycles. The van der Waals surface area contributed by atoms with Gasteiger partial charge in [-0.2, -0.15) is 0 Å². The van der Waals surface area contributed by atoms with Gasteiger partial charge in [-0.15, -0.1) is 0 Å². The molecule has 4 nitrogen and oxygen atoms in total. The molecular formula is C23H36O4. The average Bonchev–Trinajstić information content (AvgIpc) is 2.68. The maximum atomic E-state index is 11.7. The summed E-state index contributed by atoms with van der Waals surface area (Å²) in [7, 11) is 0. The van der Waals surface area contributed by atoms with Gasteiger partial charge in [0.05, 0.1) is 13.2 Å². The summed E-state index contributed by atoms with van der Waals surface area (Å²) in [6.07, 6.45) is 10.9. The minimum Gasteiger partial charge on any atom is -0.466 e. The highest BCUT2D eigenvalue weighted by atomic mass is 16.5. The lowest BCUT2D eigenvalue weighted by molar-refractivity contribution is -0.144. The van der Waals surface area contributed by atoms with Crippen molar-refractivity contribution in [1.29, 1.82) is 0 Å². The zero-order valence-electron chi connectivity index (χ0n) is 16.9. The van der Waals surface area contributed by atoms with Gasteiger partial charge < -0.3 is 9.47 Å². The second-order valence-corrected chi connectivity index (χ2v) is 7.00. The number of carbonyl (C=O) groups excluding carboxylic acids is 2. The van der Waals surface area contributed by atoms with Crippen LogP contribution in [0.4, 0.5) is 0 Å². The van der Waals surface area contributed by atoms with Crippen molar-refractivity contribution in [2.24, 2.45) is 0 Å². The SMILES string of the molecule is CCCCOC(=O)CCCCCCCCC(=O)OCCCc1ccccc1. The molecule has 0 radical (unpaired) electrons. The Morgan fingerprint density at radius 3 is 1.78 bits per heavy atom. The van der Waals surface area contributed by atoms with E-state index in [4.69, 9.17) is 9.47 Å². The van der Waals surface area contributed by atoms with Crippen LogP contribution in [0.15, 0.2) is 30.3 Å². The summed E-state index contributed by atoms with van der Waals surface area (Å²) in [5.74, 6) is -0.156. The molecule has 1 aromatic carbocycles. The number of ether oxygens (including phenoxy) is 2. The smallest absolute Gasteiger partial charge is 0.305 e. The summed E-state index contributed by atoms with van der Waals surface area (Å²) in [5.41, 5.74) is 1.28. The Balaban J connectivity index is 1.84. The topological polar surface area (TPSA) is 52.6 Å². The zero-order chi connectivity index (χ0) is 19.6. The number of unbranched alkanes of at least 4 members (excludes halogenated alkanes) is 6. The van der Waals surface area contributed by atoms with Crippen molar-refractivity contribution in [3.63, 3.8) is 0 Å². The third kappa shape index (κ3) is 14.0. The van der Waals surface area contributed by atoms with Crippen LogP contribution in [-0.2, 0) is 25.5 Å². The van der Waals surface area contributed by atoms with Crippen molar-refractivity contribution in [3.8, 4) is 0 Å². The number of carbonyl (C=O) groups is 2. The highest BCUT2D eigenvalue weighted by molar-refractivity contribution is 5.69. The fourth-order valence-corrected chi connectivity index (χ4v) is 2.83. The maximum absolute atomic E-state index is 11.7. The van der Waals surface area contributed by atoms with E-state index in [9.17, 15) is 9.59 Å². The molecule has 0 heterocycles. The van der Waals surface area contributed by atoms with Crippen molar-refractivity contribution in [1.82, 2.24) is 0 Å². The van der Waals surface area contributed by atoms with Crippen molar-refractivity contribution >= 4 is 11.9 Å². The molecule has 0 unspecified atom stereocenters. The highest BCUT2D eigenvalue weighted by Crippen LogP contribution is 2.10. The predicted octanol–water partition coefficient (Wildman–Crippen LogP) is 5.63. The maximum Gasteiger partial charge on any atom is 0.305 e. The lowest BCUT2D eigenvalue weighted by Crippen LogP contribution is -2.06. The summed E-state index contributed by atoms with van der Waals surface area (Å²) < 4.78 is 10.4. The van der Waals surface area contributed by atoms with E-state index in [-0.39, 0.29) is 11.9 Å². The monoisotopic (exact) mass is 376 g/mol. The van der Waals surface area contributed by atoms with Crippen LogP contribution in [0.25, 0.3) is 0 Å². The van der Waals surface area contributed by atoms with Gasteiger partial charge in [0.2, 0.25) is 0 Å². The minimum absolute atomic E-state index is 0.0709. The van der Waals surface area contributed by atoms with Gasteiger partial charge in [0, 0.05) is 12.8 Å². The van der Waals surface area contributed by atoms with Crippen LogP contribution in [0, 0.1) is 0 Å². The van der Waals surface area contributed by atoms with E-state index in [1.807, 2.05) is 18.2 Å². The van der Waals surface area contributed by atoms with E-state index in [2.05, 4.69) is 19.1 Å².